The van der Waals surface area contributed by atoms with Gasteiger partial charge in [0.25, 0.3) is 0 Å². The number of fused-ring (bicyclic) bond motifs is 1. The van der Waals surface area contributed by atoms with Gasteiger partial charge in [0.2, 0.25) is 15.9 Å². The van der Waals surface area contributed by atoms with Crippen LogP contribution in [-0.2, 0) is 19.6 Å². The Balaban J connectivity index is 1.36. The van der Waals surface area contributed by atoms with E-state index in [1.807, 2.05) is 19.9 Å². The second-order valence-electron chi connectivity index (χ2n) is 9.76. The summed E-state index contributed by atoms with van der Waals surface area (Å²) in [6.45, 7) is 5.18. The van der Waals surface area contributed by atoms with Crippen LogP contribution in [0.3, 0.4) is 0 Å². The van der Waals surface area contributed by atoms with Crippen LogP contribution >= 0.6 is 11.3 Å². The van der Waals surface area contributed by atoms with Crippen molar-refractivity contribution in [3.63, 3.8) is 0 Å². The van der Waals surface area contributed by atoms with E-state index in [0.29, 0.717) is 24.3 Å². The molecule has 11 heteroatoms. The monoisotopic (exact) mass is 549 g/mol. The molecule has 0 radical (unpaired) electrons. The third-order valence-corrected chi connectivity index (χ3v) is 10.2. The number of nitrogens with zero attached hydrogens (tertiary/aromatic N) is 3. The van der Waals surface area contributed by atoms with E-state index in [0.717, 1.165) is 50.6 Å². The molecule has 0 bridgehead atoms. The first-order valence-corrected chi connectivity index (χ1v) is 14.6. The maximum atomic E-state index is 14.2. The number of hydrogen-bond acceptors (Lipinski definition) is 6. The fourth-order valence-electron chi connectivity index (χ4n) is 5.11. The first-order chi connectivity index (χ1) is 17.6. The Morgan fingerprint density at radius 1 is 1.16 bits per heavy atom. The molecule has 0 spiro atoms. The van der Waals surface area contributed by atoms with Crippen molar-refractivity contribution >= 4 is 42.6 Å². The second kappa shape index (κ2) is 10.4. The predicted molar refractivity (Wildman–Crippen MR) is 138 cm³/mol. The summed E-state index contributed by atoms with van der Waals surface area (Å²) in [6, 6.07) is 6.48. The summed E-state index contributed by atoms with van der Waals surface area (Å²) in [5.41, 5.74) is 3.05. The number of ether oxygens (including phenoxy) is 1. The maximum absolute atomic E-state index is 14.2. The molecule has 1 amide bonds. The molecular formula is C26H29F2N3O4S2. The molecule has 2 aliphatic rings. The Morgan fingerprint density at radius 2 is 1.92 bits per heavy atom. The van der Waals surface area contributed by atoms with E-state index in [-0.39, 0.29) is 37.9 Å². The minimum absolute atomic E-state index is 0.0423. The predicted octanol–water partition coefficient (Wildman–Crippen LogP) is 4.80. The van der Waals surface area contributed by atoms with Crippen molar-refractivity contribution in [1.82, 2.24) is 9.29 Å². The summed E-state index contributed by atoms with van der Waals surface area (Å²) < 4.78 is 61.8. The number of carbonyl (C=O) groups is 1. The largest absolute Gasteiger partial charge is 0.376 e. The summed E-state index contributed by atoms with van der Waals surface area (Å²) in [6.07, 6.45) is 2.29. The molecule has 3 heterocycles. The van der Waals surface area contributed by atoms with Crippen LogP contribution in [0.1, 0.15) is 36.8 Å². The number of benzene rings is 2. The highest BCUT2D eigenvalue weighted by Crippen LogP contribution is 2.35. The number of sulfonamides is 1. The highest BCUT2D eigenvalue weighted by Gasteiger charge is 2.37. The number of amides is 1. The highest BCUT2D eigenvalue weighted by atomic mass is 32.2. The second-order valence-corrected chi connectivity index (χ2v) is 12.6. The average molecular weight is 550 g/mol. The fourth-order valence-corrected chi connectivity index (χ4v) is 7.69. The SMILES string of the molecule is Cc1cc(C)c2sc(N(CC3CCCO3)C(=O)C3CCN(S(=O)(=O)c4cc(F)ccc4F)CC3)nc2c1. The normalized spacial score (nSPS) is 19.5. The van der Waals surface area contributed by atoms with Gasteiger partial charge in [-0.3, -0.25) is 9.69 Å². The van der Waals surface area contributed by atoms with E-state index in [9.17, 15) is 22.0 Å². The lowest BCUT2D eigenvalue weighted by Gasteiger charge is -2.33. The van der Waals surface area contributed by atoms with Crippen LogP contribution in [0.2, 0.25) is 0 Å². The molecule has 2 saturated heterocycles. The van der Waals surface area contributed by atoms with Gasteiger partial charge in [-0.15, -0.1) is 0 Å². The maximum Gasteiger partial charge on any atom is 0.246 e. The molecular weight excluding hydrogens is 520 g/mol. The van der Waals surface area contributed by atoms with Crippen molar-refractivity contribution < 1.29 is 26.7 Å². The minimum atomic E-state index is -4.22. The van der Waals surface area contributed by atoms with Crippen LogP contribution < -0.4 is 4.90 Å². The van der Waals surface area contributed by atoms with Crippen LogP contribution in [-0.4, -0.2) is 56.0 Å². The number of aryl methyl sites for hydroxylation is 2. The first kappa shape index (κ1) is 26.1. The first-order valence-electron chi connectivity index (χ1n) is 12.4. The van der Waals surface area contributed by atoms with Gasteiger partial charge in [0.15, 0.2) is 5.13 Å². The zero-order valence-electron chi connectivity index (χ0n) is 20.7. The van der Waals surface area contributed by atoms with Crippen LogP contribution in [0.5, 0.6) is 0 Å². The van der Waals surface area contributed by atoms with Gasteiger partial charge in [-0.1, -0.05) is 17.4 Å². The molecule has 0 aliphatic carbocycles. The van der Waals surface area contributed by atoms with Gasteiger partial charge in [-0.2, -0.15) is 4.31 Å². The van der Waals surface area contributed by atoms with Crippen molar-refractivity contribution in [2.75, 3.05) is 31.1 Å². The summed E-state index contributed by atoms with van der Waals surface area (Å²) in [7, 11) is -4.22. The molecule has 0 N–H and O–H groups in total. The lowest BCUT2D eigenvalue weighted by molar-refractivity contribution is -0.123. The number of thiazole rings is 1. The number of aromatic nitrogens is 1. The van der Waals surface area contributed by atoms with Crippen molar-refractivity contribution in [3.8, 4) is 0 Å². The number of hydrogen-bond donors (Lipinski definition) is 0. The molecule has 5 rings (SSSR count). The van der Waals surface area contributed by atoms with Crippen LogP contribution in [0.15, 0.2) is 35.2 Å². The smallest absolute Gasteiger partial charge is 0.246 e. The number of rotatable bonds is 6. The van der Waals surface area contributed by atoms with E-state index in [1.165, 1.54) is 11.3 Å². The van der Waals surface area contributed by atoms with Gasteiger partial charge in [0.1, 0.15) is 16.5 Å². The molecule has 2 aliphatic heterocycles. The van der Waals surface area contributed by atoms with Crippen molar-refractivity contribution in [1.29, 1.82) is 0 Å². The third kappa shape index (κ3) is 5.27. The summed E-state index contributed by atoms with van der Waals surface area (Å²) in [4.78, 5) is 19.6. The molecule has 2 aromatic carbocycles. The highest BCUT2D eigenvalue weighted by molar-refractivity contribution is 7.89. The minimum Gasteiger partial charge on any atom is -0.376 e. The zero-order chi connectivity index (χ0) is 26.3. The number of piperidine rings is 1. The molecule has 7 nitrogen and oxygen atoms in total. The molecule has 1 aromatic heterocycles. The zero-order valence-corrected chi connectivity index (χ0v) is 22.4. The fraction of sp³-hybridized carbons (Fsp3) is 0.462. The van der Waals surface area contributed by atoms with Crippen LogP contribution in [0.25, 0.3) is 10.2 Å². The van der Waals surface area contributed by atoms with Gasteiger partial charge in [-0.25, -0.2) is 22.2 Å². The summed E-state index contributed by atoms with van der Waals surface area (Å²) in [5, 5.41) is 0.612. The lowest BCUT2D eigenvalue weighted by Crippen LogP contribution is -2.46. The quantitative estimate of drug-likeness (QED) is 0.441. The number of carbonyl (C=O) groups excluding carboxylic acids is 1. The van der Waals surface area contributed by atoms with Crippen molar-refractivity contribution in [3.05, 3.63) is 53.1 Å². The Kier molecular flexibility index (Phi) is 7.32. The standard InChI is InChI=1S/C26H29F2N3O4S2/c1-16-12-17(2)24-22(13-16)29-26(36-24)31(15-20-4-3-11-35-20)25(32)18-7-9-30(10-8-18)37(33,34)23-14-19(27)5-6-21(23)28/h5-6,12-14,18,20H,3-4,7-11,15H2,1-2H3. The Bertz CT molecular complexity index is 1430. The van der Waals surface area contributed by atoms with Crippen LogP contribution in [0.4, 0.5) is 13.9 Å². The third-order valence-electron chi connectivity index (χ3n) is 7.03. The van der Waals surface area contributed by atoms with Crippen LogP contribution in [0, 0.1) is 31.4 Å². The van der Waals surface area contributed by atoms with Gasteiger partial charge < -0.3 is 4.74 Å². The Hall–Kier alpha value is -2.47. The number of anilines is 1. The van der Waals surface area contributed by atoms with E-state index < -0.39 is 32.5 Å². The Labute approximate surface area is 219 Å². The molecule has 2 fully saturated rings. The lowest BCUT2D eigenvalue weighted by atomic mass is 9.96. The molecule has 1 atom stereocenters. The molecule has 198 valence electrons. The topological polar surface area (TPSA) is 79.8 Å². The Morgan fingerprint density at radius 3 is 2.62 bits per heavy atom. The van der Waals surface area contributed by atoms with E-state index in [1.54, 1.807) is 4.90 Å². The summed E-state index contributed by atoms with van der Waals surface area (Å²) in [5.74, 6) is -2.35. The molecule has 1 unspecified atom stereocenters. The van der Waals surface area contributed by atoms with Crippen molar-refractivity contribution in [2.45, 2.75) is 50.5 Å². The summed E-state index contributed by atoms with van der Waals surface area (Å²) >= 11 is 1.48. The van der Waals surface area contributed by atoms with Gasteiger partial charge in [0, 0.05) is 25.6 Å². The van der Waals surface area contributed by atoms with Gasteiger partial charge in [-0.05, 0) is 74.9 Å². The molecule has 3 aromatic rings. The van der Waals surface area contributed by atoms with Gasteiger partial charge in [0.05, 0.1) is 22.9 Å². The molecule has 0 saturated carbocycles. The number of halogens is 2. The van der Waals surface area contributed by atoms with Gasteiger partial charge >= 0.3 is 0 Å². The van der Waals surface area contributed by atoms with E-state index >= 15 is 0 Å². The molecule has 37 heavy (non-hydrogen) atoms. The van der Waals surface area contributed by atoms with Crippen molar-refractivity contribution in [2.24, 2.45) is 5.92 Å². The van der Waals surface area contributed by atoms with E-state index in [2.05, 4.69) is 6.07 Å². The average Bonchev–Trinajstić information content (AvgIpc) is 3.53. The van der Waals surface area contributed by atoms with E-state index in [4.69, 9.17) is 9.72 Å².